The molecule has 1 nitrogen and oxygen atoms in total. The van der Waals surface area contributed by atoms with E-state index >= 15 is 0 Å². The monoisotopic (exact) mass is 330 g/mol. The molecule has 0 bridgehead atoms. The van der Waals surface area contributed by atoms with E-state index in [0.717, 1.165) is 21.0 Å². The highest BCUT2D eigenvalue weighted by Gasteiger charge is 2.71. The zero-order valence-corrected chi connectivity index (χ0v) is 21.4. The molecule has 0 spiro atoms. The minimum atomic E-state index is 0.294. The molecule has 3 heteroatoms. The van der Waals surface area contributed by atoms with Crippen molar-refractivity contribution in [3.05, 3.63) is 0 Å². The summed E-state index contributed by atoms with van der Waals surface area (Å²) in [4.78, 5) is 0. The molecule has 21 heavy (non-hydrogen) atoms. The van der Waals surface area contributed by atoms with Crippen LogP contribution in [0.5, 0.6) is 0 Å². The van der Waals surface area contributed by atoms with Gasteiger partial charge < -0.3 is 4.12 Å². The molecule has 0 saturated heterocycles. The Labute approximate surface area is 141 Å². The van der Waals surface area contributed by atoms with Gasteiger partial charge >= 0.3 is 0 Å². The Morgan fingerprint density at radius 2 is 0.429 bits per heavy atom. The first kappa shape index (κ1) is 21.4. The van der Waals surface area contributed by atoms with Crippen LogP contribution in [0.15, 0.2) is 0 Å². The van der Waals surface area contributed by atoms with E-state index < -0.39 is 0 Å². The van der Waals surface area contributed by atoms with Gasteiger partial charge in [0, 0.05) is 0 Å². The third kappa shape index (κ3) is 2.33. The van der Waals surface area contributed by atoms with Crippen LogP contribution < -0.4 is 0 Å². The number of rotatable bonds is 0. The summed E-state index contributed by atoms with van der Waals surface area (Å²) < 4.78 is 4.53. The quantitative estimate of drug-likeness (QED) is 0.615. The molecule has 0 aromatic carbocycles. The van der Waals surface area contributed by atoms with Gasteiger partial charge in [-0.05, 0) is 32.5 Å². The molecule has 0 unspecified atom stereocenters. The molecule has 1 fully saturated rings. The molecule has 0 amide bonds. The van der Waals surface area contributed by atoms with Gasteiger partial charge in [0.2, 0.25) is 0 Å². The standard InChI is InChI=1S/C18H36.H6OSi2/c1-13(2)14(3,4)16(7,8)18(11,12)17(9,10)15(13,5)6;2-1-3/h1-12H3;2-3H3. The maximum Gasteiger partial charge on any atom is 0.129 e. The smallest absolute Gasteiger partial charge is 0.129 e. The Bertz CT molecular complexity index is 260. The van der Waals surface area contributed by atoms with Gasteiger partial charge in [-0.15, -0.1) is 0 Å². The van der Waals surface area contributed by atoms with Crippen LogP contribution in [-0.2, 0) is 4.12 Å². The molecule has 1 aliphatic carbocycles. The second-order valence-corrected chi connectivity index (χ2v) is 13.4. The van der Waals surface area contributed by atoms with E-state index in [0.29, 0.717) is 32.5 Å². The van der Waals surface area contributed by atoms with Gasteiger partial charge in [0.25, 0.3) is 0 Å². The molecule has 0 N–H and O–H groups in total. The van der Waals surface area contributed by atoms with Crippen LogP contribution in [0.1, 0.15) is 83.1 Å². The maximum absolute atomic E-state index is 4.53. The fourth-order valence-corrected chi connectivity index (χ4v) is 4.69. The van der Waals surface area contributed by atoms with Crippen molar-refractivity contribution in [2.45, 2.75) is 83.1 Å². The average molecular weight is 331 g/mol. The lowest BCUT2D eigenvalue weighted by molar-refractivity contribution is -0.283. The molecule has 0 heterocycles. The minimum absolute atomic E-state index is 0.294. The van der Waals surface area contributed by atoms with E-state index in [1.165, 1.54) is 0 Å². The summed E-state index contributed by atoms with van der Waals surface area (Å²) in [6, 6.07) is 0. The van der Waals surface area contributed by atoms with Crippen molar-refractivity contribution in [2.75, 3.05) is 0 Å². The van der Waals surface area contributed by atoms with Crippen LogP contribution in [0, 0.1) is 32.5 Å². The molecule has 0 aromatic rings. The van der Waals surface area contributed by atoms with Gasteiger partial charge in [-0.25, -0.2) is 0 Å². The third-order valence-electron chi connectivity index (χ3n) is 9.38. The lowest BCUT2D eigenvalue weighted by atomic mass is 9.28. The first-order valence-corrected chi connectivity index (χ1v) is 9.95. The third-order valence-corrected chi connectivity index (χ3v) is 9.38. The SMILES string of the molecule is CC1(C)C(C)(C)C(C)(C)C(C)(C)C(C)(C)C1(C)C.[SiH3]O[SiH3]. The van der Waals surface area contributed by atoms with E-state index in [-0.39, 0.29) is 0 Å². The molecular formula is C18H42OSi2. The Hall–Kier alpha value is 0.394. The van der Waals surface area contributed by atoms with Crippen molar-refractivity contribution in [2.24, 2.45) is 32.5 Å². The molecule has 0 aliphatic heterocycles. The lowest BCUT2D eigenvalue weighted by Crippen LogP contribution is -2.70. The molecule has 1 aliphatic rings. The van der Waals surface area contributed by atoms with E-state index in [9.17, 15) is 0 Å². The normalized spacial score (nSPS) is 30.3. The highest BCUT2D eigenvalue weighted by Crippen LogP contribution is 2.77. The van der Waals surface area contributed by atoms with Crippen molar-refractivity contribution < 1.29 is 4.12 Å². The maximum atomic E-state index is 4.53. The summed E-state index contributed by atoms with van der Waals surface area (Å²) in [5, 5.41) is 0. The predicted octanol–water partition coefficient (Wildman–Crippen LogP) is 3.72. The van der Waals surface area contributed by atoms with Crippen LogP contribution in [0.3, 0.4) is 0 Å². The molecule has 0 aromatic heterocycles. The first-order valence-electron chi connectivity index (χ1n) is 8.32. The topological polar surface area (TPSA) is 9.23 Å². The second kappa shape index (κ2) is 5.49. The summed E-state index contributed by atoms with van der Waals surface area (Å²) in [5.74, 6) is 0. The van der Waals surface area contributed by atoms with Crippen LogP contribution in [-0.4, -0.2) is 21.0 Å². The largest absolute Gasteiger partial charge is 0.471 e. The van der Waals surface area contributed by atoms with Crippen molar-refractivity contribution >= 4 is 21.0 Å². The lowest BCUT2D eigenvalue weighted by Gasteiger charge is -2.76. The molecule has 0 radical (unpaired) electrons. The molecular weight excluding hydrogens is 288 g/mol. The Morgan fingerprint density at radius 3 is 0.476 bits per heavy atom. The number of hydrogen-bond donors (Lipinski definition) is 0. The first-order chi connectivity index (χ1) is 8.91. The summed E-state index contributed by atoms with van der Waals surface area (Å²) >= 11 is 0. The summed E-state index contributed by atoms with van der Waals surface area (Å²) in [6.45, 7) is 29.7. The molecule has 0 atom stereocenters. The van der Waals surface area contributed by atoms with Gasteiger partial charge in [-0.2, -0.15) is 0 Å². The van der Waals surface area contributed by atoms with Crippen molar-refractivity contribution in [1.29, 1.82) is 0 Å². The predicted molar refractivity (Wildman–Crippen MR) is 104 cm³/mol. The summed E-state index contributed by atoms with van der Waals surface area (Å²) in [6.07, 6.45) is 0. The molecule has 1 saturated carbocycles. The highest BCUT2D eigenvalue weighted by molar-refractivity contribution is 6.15. The average Bonchev–Trinajstić information content (AvgIpc) is 2.27. The fraction of sp³-hybridized carbons (Fsp3) is 1.00. The van der Waals surface area contributed by atoms with E-state index in [1.54, 1.807) is 0 Å². The van der Waals surface area contributed by atoms with Crippen molar-refractivity contribution in [3.8, 4) is 0 Å². The van der Waals surface area contributed by atoms with Crippen LogP contribution in [0.2, 0.25) is 0 Å². The minimum Gasteiger partial charge on any atom is -0.471 e. The number of hydrogen-bond acceptors (Lipinski definition) is 1. The summed E-state index contributed by atoms with van der Waals surface area (Å²) in [7, 11) is 1.86. The van der Waals surface area contributed by atoms with Crippen LogP contribution >= 0.6 is 0 Å². The zero-order valence-electron chi connectivity index (χ0n) is 17.4. The van der Waals surface area contributed by atoms with E-state index in [4.69, 9.17) is 0 Å². The molecule has 1 rings (SSSR count). The Kier molecular flexibility index (Phi) is 5.59. The van der Waals surface area contributed by atoms with Crippen molar-refractivity contribution in [1.82, 2.24) is 0 Å². The van der Waals surface area contributed by atoms with E-state index in [2.05, 4.69) is 87.2 Å². The zero-order chi connectivity index (χ0) is 17.7. The van der Waals surface area contributed by atoms with Crippen LogP contribution in [0.4, 0.5) is 0 Å². The molecule has 128 valence electrons. The fourth-order valence-electron chi connectivity index (χ4n) is 4.69. The highest BCUT2D eigenvalue weighted by atomic mass is 28.3. The van der Waals surface area contributed by atoms with E-state index in [1.807, 2.05) is 0 Å². The van der Waals surface area contributed by atoms with Crippen LogP contribution in [0.25, 0.3) is 0 Å². The Balaban J connectivity index is 0.00000122. The van der Waals surface area contributed by atoms with Gasteiger partial charge in [-0.3, -0.25) is 0 Å². The van der Waals surface area contributed by atoms with Crippen molar-refractivity contribution in [3.63, 3.8) is 0 Å². The second-order valence-electron chi connectivity index (χ2n) is 10.2. The van der Waals surface area contributed by atoms with Gasteiger partial charge in [-0.1, -0.05) is 83.1 Å². The summed E-state index contributed by atoms with van der Waals surface area (Å²) in [5.41, 5.74) is 1.76. The van der Waals surface area contributed by atoms with Gasteiger partial charge in [0.05, 0.1) is 0 Å². The Morgan fingerprint density at radius 1 is 0.381 bits per heavy atom. The van der Waals surface area contributed by atoms with Gasteiger partial charge in [0.1, 0.15) is 21.0 Å². The van der Waals surface area contributed by atoms with Gasteiger partial charge in [0.15, 0.2) is 0 Å².